The number of phenols is 1. The maximum atomic E-state index is 13.4. The molecular formula is C26H43N5O6. The van der Waals surface area contributed by atoms with Crippen molar-refractivity contribution >= 4 is 23.7 Å². The van der Waals surface area contributed by atoms with Crippen LogP contribution in [-0.2, 0) is 25.6 Å². The maximum Gasteiger partial charge on any atom is 0.326 e. The van der Waals surface area contributed by atoms with Gasteiger partial charge in [0.2, 0.25) is 17.7 Å². The van der Waals surface area contributed by atoms with Crippen molar-refractivity contribution in [3.63, 3.8) is 0 Å². The van der Waals surface area contributed by atoms with Crippen LogP contribution in [0.15, 0.2) is 24.3 Å². The van der Waals surface area contributed by atoms with E-state index in [1.807, 2.05) is 6.92 Å². The van der Waals surface area contributed by atoms with Crippen LogP contribution in [0.2, 0.25) is 0 Å². The molecule has 0 saturated heterocycles. The van der Waals surface area contributed by atoms with Crippen LogP contribution in [0.4, 0.5) is 0 Å². The van der Waals surface area contributed by atoms with E-state index in [9.17, 15) is 29.4 Å². The number of carboxylic acids is 1. The van der Waals surface area contributed by atoms with Gasteiger partial charge in [-0.15, -0.1) is 0 Å². The van der Waals surface area contributed by atoms with Crippen LogP contribution in [0.3, 0.4) is 0 Å². The SMILES string of the molecule is CCC(C)C(NC(=O)C(N)CCCCN)C(=O)NC(Cc1ccc(O)cc1)C(=O)NC(C(=O)O)C(C)C. The summed E-state index contributed by atoms with van der Waals surface area (Å²) in [6, 6.07) is 2.09. The predicted octanol–water partition coefficient (Wildman–Crippen LogP) is 0.632. The Hall–Kier alpha value is -3.18. The van der Waals surface area contributed by atoms with Gasteiger partial charge in [0.1, 0.15) is 23.9 Å². The van der Waals surface area contributed by atoms with Gasteiger partial charge in [0.25, 0.3) is 0 Å². The first-order valence-electron chi connectivity index (χ1n) is 12.8. The molecule has 11 heteroatoms. The highest BCUT2D eigenvalue weighted by Gasteiger charge is 2.33. The molecule has 0 fully saturated rings. The second-order valence-corrected chi connectivity index (χ2v) is 9.76. The maximum absolute atomic E-state index is 13.4. The largest absolute Gasteiger partial charge is 0.508 e. The third-order valence-corrected chi connectivity index (χ3v) is 6.34. The van der Waals surface area contributed by atoms with Gasteiger partial charge in [-0.2, -0.15) is 0 Å². The quantitative estimate of drug-likeness (QED) is 0.154. The highest BCUT2D eigenvalue weighted by Crippen LogP contribution is 2.14. The number of rotatable bonds is 16. The first-order chi connectivity index (χ1) is 17.4. The van der Waals surface area contributed by atoms with E-state index >= 15 is 0 Å². The number of nitrogens with two attached hydrogens (primary N) is 2. The lowest BCUT2D eigenvalue weighted by atomic mass is 9.96. The molecule has 0 radical (unpaired) electrons. The average Bonchev–Trinajstić information content (AvgIpc) is 2.85. The fourth-order valence-corrected chi connectivity index (χ4v) is 3.71. The van der Waals surface area contributed by atoms with E-state index in [2.05, 4.69) is 16.0 Å². The number of aromatic hydroxyl groups is 1. The summed E-state index contributed by atoms with van der Waals surface area (Å²) in [4.78, 5) is 50.8. The summed E-state index contributed by atoms with van der Waals surface area (Å²) in [7, 11) is 0. The molecule has 0 heterocycles. The standard InChI is InChI=1S/C26H43N5O6/c1-5-16(4)22(31-23(33)19(28)8-6-7-13-27)25(35)29-20(14-17-9-11-18(32)12-10-17)24(34)30-21(15(2)3)26(36)37/h9-12,15-16,19-22,32H,5-8,13-14,27-28H2,1-4H3,(H,29,35)(H,30,34)(H,31,33)(H,36,37). The number of carbonyl (C=O) groups excluding carboxylic acids is 3. The monoisotopic (exact) mass is 521 g/mol. The number of unbranched alkanes of at least 4 members (excludes halogenated alkanes) is 1. The first-order valence-corrected chi connectivity index (χ1v) is 12.8. The molecule has 5 atom stereocenters. The Balaban J connectivity index is 3.13. The number of hydrogen-bond donors (Lipinski definition) is 7. The number of nitrogens with one attached hydrogen (secondary N) is 3. The summed E-state index contributed by atoms with van der Waals surface area (Å²) in [5.74, 6) is -3.52. The number of amides is 3. The molecule has 1 aromatic carbocycles. The minimum Gasteiger partial charge on any atom is -0.508 e. The van der Waals surface area contributed by atoms with Crippen molar-refractivity contribution in [2.75, 3.05) is 6.54 Å². The van der Waals surface area contributed by atoms with Gasteiger partial charge >= 0.3 is 5.97 Å². The van der Waals surface area contributed by atoms with Crippen molar-refractivity contribution in [3.8, 4) is 5.75 Å². The zero-order valence-corrected chi connectivity index (χ0v) is 22.2. The Labute approximate surface area is 218 Å². The third-order valence-electron chi connectivity index (χ3n) is 6.34. The number of phenolic OH excluding ortho intramolecular Hbond substituents is 1. The van der Waals surface area contributed by atoms with Gasteiger partial charge in [-0.1, -0.05) is 52.7 Å². The van der Waals surface area contributed by atoms with Crippen LogP contribution in [0.5, 0.6) is 5.75 Å². The first kappa shape index (κ1) is 31.8. The van der Waals surface area contributed by atoms with Gasteiger partial charge in [0.15, 0.2) is 0 Å². The van der Waals surface area contributed by atoms with Gasteiger partial charge in [0.05, 0.1) is 6.04 Å². The minimum atomic E-state index is -1.19. The lowest BCUT2D eigenvalue weighted by molar-refractivity contribution is -0.143. The molecule has 0 aromatic heterocycles. The van der Waals surface area contributed by atoms with Gasteiger partial charge in [-0.25, -0.2) is 4.79 Å². The molecule has 1 rings (SSSR count). The van der Waals surface area contributed by atoms with Crippen LogP contribution >= 0.6 is 0 Å². The normalized spacial score (nSPS) is 15.2. The number of aliphatic carboxylic acids is 1. The fraction of sp³-hybridized carbons (Fsp3) is 0.615. The average molecular weight is 522 g/mol. The Morgan fingerprint density at radius 3 is 2.00 bits per heavy atom. The zero-order chi connectivity index (χ0) is 28.1. The molecule has 5 unspecified atom stereocenters. The van der Waals surface area contributed by atoms with Crippen molar-refractivity contribution in [3.05, 3.63) is 29.8 Å². The molecule has 3 amide bonds. The zero-order valence-electron chi connectivity index (χ0n) is 22.2. The van der Waals surface area contributed by atoms with Crippen molar-refractivity contribution in [1.82, 2.24) is 16.0 Å². The van der Waals surface area contributed by atoms with Gasteiger partial charge in [-0.3, -0.25) is 14.4 Å². The second-order valence-electron chi connectivity index (χ2n) is 9.76. The van der Waals surface area contributed by atoms with Crippen molar-refractivity contribution < 1.29 is 29.4 Å². The molecule has 0 aliphatic carbocycles. The van der Waals surface area contributed by atoms with Crippen LogP contribution in [-0.4, -0.2) is 64.6 Å². The van der Waals surface area contributed by atoms with E-state index < -0.39 is 47.9 Å². The Kier molecular flexibility index (Phi) is 13.6. The lowest BCUT2D eigenvalue weighted by Gasteiger charge is -2.28. The summed E-state index contributed by atoms with van der Waals surface area (Å²) in [5.41, 5.74) is 12.1. The summed E-state index contributed by atoms with van der Waals surface area (Å²) >= 11 is 0. The van der Waals surface area contributed by atoms with Crippen LogP contribution in [0.25, 0.3) is 0 Å². The van der Waals surface area contributed by atoms with Gasteiger partial charge < -0.3 is 37.6 Å². The van der Waals surface area contributed by atoms with E-state index in [0.29, 0.717) is 31.4 Å². The van der Waals surface area contributed by atoms with Crippen molar-refractivity contribution in [1.29, 1.82) is 0 Å². The Morgan fingerprint density at radius 2 is 1.49 bits per heavy atom. The Morgan fingerprint density at radius 1 is 0.892 bits per heavy atom. The highest BCUT2D eigenvalue weighted by atomic mass is 16.4. The van der Waals surface area contributed by atoms with Gasteiger partial charge in [0, 0.05) is 6.42 Å². The van der Waals surface area contributed by atoms with E-state index in [1.165, 1.54) is 12.1 Å². The summed E-state index contributed by atoms with van der Waals surface area (Å²) in [6.45, 7) is 7.50. The Bertz CT molecular complexity index is 892. The summed E-state index contributed by atoms with van der Waals surface area (Å²) < 4.78 is 0. The van der Waals surface area contributed by atoms with Crippen LogP contribution in [0.1, 0.15) is 58.9 Å². The molecule has 1 aromatic rings. The topological polar surface area (TPSA) is 197 Å². The van der Waals surface area contributed by atoms with E-state index in [1.54, 1.807) is 32.9 Å². The molecule has 0 saturated carbocycles. The van der Waals surface area contributed by atoms with E-state index in [0.717, 1.165) is 6.42 Å². The number of hydrogen-bond acceptors (Lipinski definition) is 7. The molecule has 208 valence electrons. The highest BCUT2D eigenvalue weighted by molar-refractivity contribution is 5.94. The molecule has 0 bridgehead atoms. The molecule has 0 aliphatic rings. The van der Waals surface area contributed by atoms with Crippen LogP contribution in [0, 0.1) is 11.8 Å². The van der Waals surface area contributed by atoms with Crippen molar-refractivity contribution in [2.45, 2.75) is 84.0 Å². The predicted molar refractivity (Wildman–Crippen MR) is 140 cm³/mol. The van der Waals surface area contributed by atoms with Gasteiger partial charge in [-0.05, 0) is 48.9 Å². The molecule has 9 N–H and O–H groups in total. The third kappa shape index (κ3) is 10.8. The van der Waals surface area contributed by atoms with Crippen molar-refractivity contribution in [2.24, 2.45) is 23.3 Å². The summed E-state index contributed by atoms with van der Waals surface area (Å²) in [5, 5.41) is 27.0. The molecular weight excluding hydrogens is 478 g/mol. The fourth-order valence-electron chi connectivity index (χ4n) is 3.71. The number of carbonyl (C=O) groups is 4. The van der Waals surface area contributed by atoms with Crippen LogP contribution < -0.4 is 27.4 Å². The minimum absolute atomic E-state index is 0.0434. The molecule has 37 heavy (non-hydrogen) atoms. The number of carboxylic acid groups (broad SMARTS) is 1. The second kappa shape index (κ2) is 15.8. The van der Waals surface area contributed by atoms with E-state index in [4.69, 9.17) is 11.5 Å². The molecule has 11 nitrogen and oxygen atoms in total. The van der Waals surface area contributed by atoms with E-state index in [-0.39, 0.29) is 24.0 Å². The summed E-state index contributed by atoms with van der Waals surface area (Å²) in [6.07, 6.45) is 2.46. The number of benzene rings is 1. The lowest BCUT2D eigenvalue weighted by Crippen LogP contribution is -2.59. The molecule has 0 spiro atoms. The molecule has 0 aliphatic heterocycles. The smallest absolute Gasteiger partial charge is 0.326 e.